The SMILES string of the molecule is CC(C)C1CCc2c([nH]c3c(C(N)=O)cc(F)c(Br)c23)C1. The Bertz CT molecular complexity index is 736. The molecule has 1 aliphatic carbocycles. The van der Waals surface area contributed by atoms with Crippen LogP contribution in [0.4, 0.5) is 4.39 Å². The summed E-state index contributed by atoms with van der Waals surface area (Å²) in [6.45, 7) is 4.45. The molecule has 0 aliphatic heterocycles. The number of rotatable bonds is 2. The number of halogens is 2. The van der Waals surface area contributed by atoms with Crippen molar-refractivity contribution in [1.82, 2.24) is 4.98 Å². The van der Waals surface area contributed by atoms with Gasteiger partial charge in [0.25, 0.3) is 5.91 Å². The van der Waals surface area contributed by atoms with Crippen molar-refractivity contribution >= 4 is 32.7 Å². The van der Waals surface area contributed by atoms with Crippen LogP contribution in [0.15, 0.2) is 10.5 Å². The average molecular weight is 353 g/mol. The third-order valence-corrected chi connectivity index (χ3v) is 5.38. The van der Waals surface area contributed by atoms with E-state index in [4.69, 9.17) is 5.73 Å². The molecule has 0 saturated carbocycles. The van der Waals surface area contributed by atoms with Gasteiger partial charge in [0.2, 0.25) is 0 Å². The molecule has 1 amide bonds. The Morgan fingerprint density at radius 2 is 2.24 bits per heavy atom. The van der Waals surface area contributed by atoms with E-state index >= 15 is 0 Å². The minimum Gasteiger partial charge on any atom is -0.366 e. The predicted octanol–water partition coefficient (Wildman–Crippen LogP) is 3.93. The maximum Gasteiger partial charge on any atom is 0.250 e. The highest BCUT2D eigenvalue weighted by molar-refractivity contribution is 9.10. The van der Waals surface area contributed by atoms with Crippen molar-refractivity contribution in [3.63, 3.8) is 0 Å². The lowest BCUT2D eigenvalue weighted by atomic mass is 9.80. The Labute approximate surface area is 131 Å². The second-order valence-electron chi connectivity index (χ2n) is 6.16. The first-order chi connectivity index (χ1) is 9.90. The molecule has 0 bridgehead atoms. The summed E-state index contributed by atoms with van der Waals surface area (Å²) in [5, 5.41) is 0.779. The van der Waals surface area contributed by atoms with Gasteiger partial charge in [-0.3, -0.25) is 4.79 Å². The largest absolute Gasteiger partial charge is 0.366 e. The van der Waals surface area contributed by atoms with Crippen LogP contribution in [0.2, 0.25) is 0 Å². The zero-order valence-electron chi connectivity index (χ0n) is 12.1. The summed E-state index contributed by atoms with van der Waals surface area (Å²) in [6.07, 6.45) is 2.93. The number of carbonyl (C=O) groups excluding carboxylic acids is 1. The summed E-state index contributed by atoms with van der Waals surface area (Å²) >= 11 is 3.32. The molecule has 21 heavy (non-hydrogen) atoms. The van der Waals surface area contributed by atoms with E-state index < -0.39 is 11.7 Å². The van der Waals surface area contributed by atoms with Crippen molar-refractivity contribution in [2.24, 2.45) is 17.6 Å². The monoisotopic (exact) mass is 352 g/mol. The van der Waals surface area contributed by atoms with Gasteiger partial charge in [-0.15, -0.1) is 0 Å². The molecule has 0 radical (unpaired) electrons. The number of aryl methyl sites for hydroxylation is 1. The van der Waals surface area contributed by atoms with Crippen LogP contribution < -0.4 is 5.73 Å². The molecule has 1 aromatic heterocycles. The molecule has 1 heterocycles. The lowest BCUT2D eigenvalue weighted by Crippen LogP contribution is -2.18. The highest BCUT2D eigenvalue weighted by atomic mass is 79.9. The highest BCUT2D eigenvalue weighted by Gasteiger charge is 2.27. The van der Waals surface area contributed by atoms with Crippen molar-refractivity contribution in [3.05, 3.63) is 33.2 Å². The first-order valence-corrected chi connectivity index (χ1v) is 8.00. The molecule has 0 saturated heterocycles. The van der Waals surface area contributed by atoms with Crippen molar-refractivity contribution in [2.75, 3.05) is 0 Å². The van der Waals surface area contributed by atoms with Crippen molar-refractivity contribution < 1.29 is 9.18 Å². The van der Waals surface area contributed by atoms with Crippen LogP contribution in [-0.4, -0.2) is 10.9 Å². The minimum absolute atomic E-state index is 0.223. The molecule has 3 nitrogen and oxygen atoms in total. The number of amides is 1. The molecule has 5 heteroatoms. The average Bonchev–Trinajstić information content (AvgIpc) is 2.80. The summed E-state index contributed by atoms with van der Waals surface area (Å²) < 4.78 is 14.5. The molecule has 0 spiro atoms. The van der Waals surface area contributed by atoms with Crippen LogP contribution >= 0.6 is 15.9 Å². The van der Waals surface area contributed by atoms with Crippen LogP contribution in [0.1, 0.15) is 41.9 Å². The Kier molecular flexibility index (Phi) is 3.56. The van der Waals surface area contributed by atoms with Crippen molar-refractivity contribution in [1.29, 1.82) is 0 Å². The first kappa shape index (κ1) is 14.6. The number of primary amides is 1. The van der Waals surface area contributed by atoms with Gasteiger partial charge in [0.1, 0.15) is 5.82 Å². The van der Waals surface area contributed by atoms with Gasteiger partial charge >= 0.3 is 0 Å². The van der Waals surface area contributed by atoms with Gasteiger partial charge in [-0.1, -0.05) is 13.8 Å². The number of aromatic amines is 1. The van der Waals surface area contributed by atoms with E-state index in [9.17, 15) is 9.18 Å². The number of H-pyrrole nitrogens is 1. The third kappa shape index (κ3) is 2.27. The zero-order valence-corrected chi connectivity index (χ0v) is 13.7. The van der Waals surface area contributed by atoms with Gasteiger partial charge in [-0.25, -0.2) is 4.39 Å². The molecular formula is C16H18BrFN2O. The normalized spacial score (nSPS) is 18.2. The smallest absolute Gasteiger partial charge is 0.250 e. The van der Waals surface area contributed by atoms with E-state index in [2.05, 4.69) is 34.8 Å². The number of hydrogen-bond donors (Lipinski definition) is 2. The maximum absolute atomic E-state index is 14.1. The molecular weight excluding hydrogens is 335 g/mol. The third-order valence-electron chi connectivity index (χ3n) is 4.60. The van der Waals surface area contributed by atoms with Gasteiger partial charge in [0.05, 0.1) is 15.6 Å². The van der Waals surface area contributed by atoms with Crippen LogP contribution in [0, 0.1) is 17.7 Å². The second kappa shape index (κ2) is 5.13. The number of nitrogens with one attached hydrogen (secondary N) is 1. The van der Waals surface area contributed by atoms with Crippen LogP contribution in [-0.2, 0) is 12.8 Å². The van der Waals surface area contributed by atoms with Gasteiger partial charge in [-0.05, 0) is 58.7 Å². The molecule has 3 rings (SSSR count). The van der Waals surface area contributed by atoms with E-state index in [1.165, 1.54) is 6.07 Å². The van der Waals surface area contributed by atoms with E-state index in [0.29, 0.717) is 21.8 Å². The van der Waals surface area contributed by atoms with Crippen molar-refractivity contribution in [3.8, 4) is 0 Å². The number of fused-ring (bicyclic) bond motifs is 3. The van der Waals surface area contributed by atoms with E-state index in [1.807, 2.05) is 0 Å². The standard InChI is InChI=1S/C16H18BrFN2O/c1-7(2)8-3-4-9-12(5-8)20-15-10(16(19)21)6-11(18)14(17)13(9)15/h6-8,20H,3-5H2,1-2H3,(H2,19,21). The molecule has 1 aliphatic rings. The highest BCUT2D eigenvalue weighted by Crippen LogP contribution is 2.39. The quantitative estimate of drug-likeness (QED) is 0.845. The van der Waals surface area contributed by atoms with Crippen LogP contribution in [0.3, 0.4) is 0 Å². The fraction of sp³-hybridized carbons (Fsp3) is 0.438. The number of hydrogen-bond acceptors (Lipinski definition) is 1. The molecule has 3 N–H and O–H groups in total. The Morgan fingerprint density at radius 3 is 2.86 bits per heavy atom. The topological polar surface area (TPSA) is 58.9 Å². The molecule has 1 atom stereocenters. The van der Waals surface area contributed by atoms with E-state index in [0.717, 1.165) is 35.9 Å². The summed E-state index contributed by atoms with van der Waals surface area (Å²) in [5.41, 5.74) is 8.51. The summed E-state index contributed by atoms with van der Waals surface area (Å²) in [6, 6.07) is 1.20. The van der Waals surface area contributed by atoms with Gasteiger partial charge in [0.15, 0.2) is 0 Å². The summed E-state index contributed by atoms with van der Waals surface area (Å²) in [7, 11) is 0. The Balaban J connectivity index is 2.24. The maximum atomic E-state index is 14.1. The Morgan fingerprint density at radius 1 is 1.52 bits per heavy atom. The number of carbonyl (C=O) groups is 1. The molecule has 2 aromatic rings. The summed E-state index contributed by atoms with van der Waals surface area (Å²) in [5.74, 6) is 0.182. The summed E-state index contributed by atoms with van der Waals surface area (Å²) in [4.78, 5) is 14.9. The van der Waals surface area contributed by atoms with Crippen molar-refractivity contribution in [2.45, 2.75) is 33.1 Å². The number of aromatic nitrogens is 1. The lowest BCUT2D eigenvalue weighted by molar-refractivity contribution is 0.100. The van der Waals surface area contributed by atoms with Crippen LogP contribution in [0.5, 0.6) is 0 Å². The Hall–Kier alpha value is -1.36. The lowest BCUT2D eigenvalue weighted by Gasteiger charge is -2.25. The second-order valence-corrected chi connectivity index (χ2v) is 6.96. The van der Waals surface area contributed by atoms with E-state index in [1.54, 1.807) is 0 Å². The fourth-order valence-electron chi connectivity index (χ4n) is 3.32. The van der Waals surface area contributed by atoms with Gasteiger partial charge in [-0.2, -0.15) is 0 Å². The van der Waals surface area contributed by atoms with Crippen LogP contribution in [0.25, 0.3) is 10.9 Å². The number of benzene rings is 1. The predicted molar refractivity (Wildman–Crippen MR) is 84.8 cm³/mol. The number of nitrogens with two attached hydrogens (primary N) is 1. The molecule has 112 valence electrons. The first-order valence-electron chi connectivity index (χ1n) is 7.21. The molecule has 0 fully saturated rings. The fourth-order valence-corrected chi connectivity index (χ4v) is 3.88. The van der Waals surface area contributed by atoms with Gasteiger partial charge < -0.3 is 10.7 Å². The zero-order chi connectivity index (χ0) is 15.3. The molecule has 1 aromatic carbocycles. The molecule has 1 unspecified atom stereocenters. The van der Waals surface area contributed by atoms with E-state index in [-0.39, 0.29) is 5.56 Å². The minimum atomic E-state index is -0.606. The van der Waals surface area contributed by atoms with Gasteiger partial charge in [0, 0.05) is 11.1 Å².